The molecule has 5 heteroatoms. The number of hydrogen-bond acceptors (Lipinski definition) is 2. The number of imidazole rings is 1. The van der Waals surface area contributed by atoms with Gasteiger partial charge in [0.1, 0.15) is 6.04 Å². The van der Waals surface area contributed by atoms with Gasteiger partial charge in [0.2, 0.25) is 5.91 Å². The van der Waals surface area contributed by atoms with Gasteiger partial charge in [-0.3, -0.25) is 9.36 Å². The summed E-state index contributed by atoms with van der Waals surface area (Å²) < 4.78 is 1.43. The Labute approximate surface area is 87.7 Å². The van der Waals surface area contributed by atoms with E-state index in [1.165, 1.54) is 4.57 Å². The molecule has 1 aliphatic rings. The van der Waals surface area contributed by atoms with Crippen LogP contribution in [0.5, 0.6) is 0 Å². The van der Waals surface area contributed by atoms with Crippen molar-refractivity contribution in [2.75, 3.05) is 13.1 Å². The van der Waals surface area contributed by atoms with E-state index in [9.17, 15) is 9.59 Å². The molecule has 0 saturated carbocycles. The Morgan fingerprint density at radius 1 is 1.47 bits per heavy atom. The number of aromatic nitrogens is 2. The van der Waals surface area contributed by atoms with E-state index in [4.69, 9.17) is 0 Å². The topological polar surface area (TPSA) is 58.1 Å². The molecule has 1 saturated heterocycles. The first-order valence-electron chi connectivity index (χ1n) is 5.24. The van der Waals surface area contributed by atoms with Crippen molar-refractivity contribution < 1.29 is 4.79 Å². The molecule has 0 aromatic carbocycles. The van der Waals surface area contributed by atoms with Crippen LogP contribution >= 0.6 is 0 Å². The van der Waals surface area contributed by atoms with E-state index in [2.05, 4.69) is 4.98 Å². The number of likely N-dealkylation sites (tertiary alicyclic amines) is 1. The van der Waals surface area contributed by atoms with Gasteiger partial charge in [0.05, 0.1) is 0 Å². The van der Waals surface area contributed by atoms with Crippen molar-refractivity contribution in [3.63, 3.8) is 0 Å². The average molecular weight is 209 g/mol. The second-order valence-electron chi connectivity index (χ2n) is 3.88. The third kappa shape index (κ3) is 1.82. The first-order chi connectivity index (χ1) is 7.20. The van der Waals surface area contributed by atoms with Crippen molar-refractivity contribution in [1.29, 1.82) is 0 Å². The van der Waals surface area contributed by atoms with Gasteiger partial charge in [0, 0.05) is 25.5 Å². The van der Waals surface area contributed by atoms with Crippen molar-refractivity contribution in [3.8, 4) is 0 Å². The minimum absolute atomic E-state index is 0.0363. The highest BCUT2D eigenvalue weighted by atomic mass is 16.2. The minimum Gasteiger partial charge on any atom is -0.341 e. The molecule has 1 unspecified atom stereocenters. The van der Waals surface area contributed by atoms with E-state index in [0.29, 0.717) is 0 Å². The lowest BCUT2D eigenvalue weighted by Gasteiger charge is -2.20. The molecule has 1 N–H and O–H groups in total. The summed E-state index contributed by atoms with van der Waals surface area (Å²) in [6, 6.07) is -0.401. The quantitative estimate of drug-likeness (QED) is 0.764. The lowest BCUT2D eigenvalue weighted by molar-refractivity contribution is -0.133. The number of rotatable bonds is 2. The predicted molar refractivity (Wildman–Crippen MR) is 55.6 cm³/mol. The number of hydrogen-bond donors (Lipinski definition) is 1. The average Bonchev–Trinajstić information content (AvgIpc) is 2.85. The summed E-state index contributed by atoms with van der Waals surface area (Å²) in [5.41, 5.74) is -0.227. The minimum atomic E-state index is -0.401. The van der Waals surface area contributed by atoms with Crippen molar-refractivity contribution in [2.24, 2.45) is 0 Å². The van der Waals surface area contributed by atoms with E-state index >= 15 is 0 Å². The Kier molecular flexibility index (Phi) is 2.62. The zero-order valence-corrected chi connectivity index (χ0v) is 8.77. The van der Waals surface area contributed by atoms with Crippen molar-refractivity contribution in [1.82, 2.24) is 14.5 Å². The lowest BCUT2D eigenvalue weighted by Crippen LogP contribution is -2.36. The molecule has 1 aliphatic heterocycles. The number of nitrogens with one attached hydrogen (secondary N) is 1. The molecule has 0 spiro atoms. The fourth-order valence-electron chi connectivity index (χ4n) is 1.96. The van der Waals surface area contributed by atoms with E-state index in [-0.39, 0.29) is 11.6 Å². The molecular formula is C10H15N3O2. The predicted octanol–water partition coefficient (Wildman–Crippen LogP) is 0.360. The third-order valence-corrected chi connectivity index (χ3v) is 2.87. The van der Waals surface area contributed by atoms with Gasteiger partial charge in [-0.05, 0) is 19.8 Å². The number of H-pyrrole nitrogens is 1. The van der Waals surface area contributed by atoms with Crippen LogP contribution in [0.15, 0.2) is 17.2 Å². The highest BCUT2D eigenvalue weighted by molar-refractivity contribution is 5.80. The van der Waals surface area contributed by atoms with Crippen LogP contribution in [-0.4, -0.2) is 33.4 Å². The van der Waals surface area contributed by atoms with E-state index in [1.54, 1.807) is 19.3 Å². The molecule has 2 heterocycles. The van der Waals surface area contributed by atoms with Crippen molar-refractivity contribution in [3.05, 3.63) is 22.9 Å². The summed E-state index contributed by atoms with van der Waals surface area (Å²) in [7, 11) is 0. The van der Waals surface area contributed by atoms with E-state index < -0.39 is 6.04 Å². The van der Waals surface area contributed by atoms with Crippen molar-refractivity contribution >= 4 is 5.91 Å². The monoisotopic (exact) mass is 209 g/mol. The third-order valence-electron chi connectivity index (χ3n) is 2.87. The molecule has 1 fully saturated rings. The van der Waals surface area contributed by atoms with Crippen LogP contribution < -0.4 is 5.69 Å². The molecule has 1 atom stereocenters. The summed E-state index contributed by atoms with van der Waals surface area (Å²) >= 11 is 0. The summed E-state index contributed by atoms with van der Waals surface area (Å²) in [4.78, 5) is 27.6. The Bertz CT molecular complexity index is 401. The highest BCUT2D eigenvalue weighted by Crippen LogP contribution is 2.13. The van der Waals surface area contributed by atoms with E-state index in [0.717, 1.165) is 25.9 Å². The highest BCUT2D eigenvalue weighted by Gasteiger charge is 2.24. The number of carbonyl (C=O) groups excluding carboxylic acids is 1. The first-order valence-corrected chi connectivity index (χ1v) is 5.24. The molecule has 15 heavy (non-hydrogen) atoms. The van der Waals surface area contributed by atoms with Crippen LogP contribution in [0.1, 0.15) is 25.8 Å². The standard InChI is InChI=1S/C10H15N3O2/c1-8(13-7-4-11-10(13)15)9(14)12-5-2-3-6-12/h4,7-8H,2-3,5-6H2,1H3,(H,11,15). The molecular weight excluding hydrogens is 194 g/mol. The largest absolute Gasteiger partial charge is 0.341 e. The van der Waals surface area contributed by atoms with Crippen LogP contribution in [0.25, 0.3) is 0 Å². The molecule has 0 radical (unpaired) electrons. The first kappa shape index (κ1) is 10.0. The Morgan fingerprint density at radius 2 is 2.13 bits per heavy atom. The molecule has 2 rings (SSSR count). The van der Waals surface area contributed by atoms with Gasteiger partial charge in [0.15, 0.2) is 0 Å². The van der Waals surface area contributed by atoms with Gasteiger partial charge in [0.25, 0.3) is 0 Å². The molecule has 1 aromatic heterocycles. The maximum Gasteiger partial charge on any atom is 0.326 e. The van der Waals surface area contributed by atoms with Crippen LogP contribution in [0.4, 0.5) is 0 Å². The number of carbonyl (C=O) groups is 1. The van der Waals surface area contributed by atoms with Crippen LogP contribution in [0, 0.1) is 0 Å². The summed E-state index contributed by atoms with van der Waals surface area (Å²) in [5, 5.41) is 0. The maximum atomic E-state index is 11.9. The second-order valence-corrected chi connectivity index (χ2v) is 3.88. The SMILES string of the molecule is CC(C(=O)N1CCCC1)n1cc[nH]c1=O. The number of amides is 1. The molecule has 1 aromatic rings. The molecule has 82 valence electrons. The summed E-state index contributed by atoms with van der Waals surface area (Å²) in [6.45, 7) is 3.40. The fourth-order valence-corrected chi connectivity index (χ4v) is 1.96. The number of nitrogens with zero attached hydrogens (tertiary/aromatic N) is 2. The number of aromatic amines is 1. The second kappa shape index (κ2) is 3.92. The summed E-state index contributed by atoms with van der Waals surface area (Å²) in [6.07, 6.45) is 5.30. The molecule has 5 nitrogen and oxygen atoms in total. The normalized spacial score (nSPS) is 18.1. The van der Waals surface area contributed by atoms with Gasteiger partial charge in [-0.25, -0.2) is 4.79 Å². The van der Waals surface area contributed by atoms with Gasteiger partial charge in [-0.1, -0.05) is 0 Å². The zero-order valence-electron chi connectivity index (χ0n) is 8.77. The molecule has 1 amide bonds. The Morgan fingerprint density at radius 3 is 2.67 bits per heavy atom. The molecule has 0 aliphatic carbocycles. The van der Waals surface area contributed by atoms with Gasteiger partial charge >= 0.3 is 5.69 Å². The smallest absolute Gasteiger partial charge is 0.326 e. The van der Waals surface area contributed by atoms with Gasteiger partial charge in [-0.15, -0.1) is 0 Å². The van der Waals surface area contributed by atoms with E-state index in [1.807, 2.05) is 4.90 Å². The molecule has 0 bridgehead atoms. The fraction of sp³-hybridized carbons (Fsp3) is 0.600. The van der Waals surface area contributed by atoms with Gasteiger partial charge < -0.3 is 9.88 Å². The summed E-state index contributed by atoms with van der Waals surface area (Å²) in [5.74, 6) is 0.0363. The van der Waals surface area contributed by atoms with Gasteiger partial charge in [-0.2, -0.15) is 0 Å². The van der Waals surface area contributed by atoms with Crippen LogP contribution in [0.3, 0.4) is 0 Å². The van der Waals surface area contributed by atoms with Crippen LogP contribution in [-0.2, 0) is 4.79 Å². The van der Waals surface area contributed by atoms with Crippen molar-refractivity contribution in [2.45, 2.75) is 25.8 Å². The Hall–Kier alpha value is -1.52. The zero-order chi connectivity index (χ0) is 10.8. The Balaban J connectivity index is 2.14. The lowest BCUT2D eigenvalue weighted by atomic mass is 10.3. The maximum absolute atomic E-state index is 11.9. The van der Waals surface area contributed by atoms with Crippen LogP contribution in [0.2, 0.25) is 0 Å².